The van der Waals surface area contributed by atoms with Crippen LogP contribution in [0.2, 0.25) is 5.02 Å². The van der Waals surface area contributed by atoms with E-state index in [0.29, 0.717) is 5.02 Å². The number of halogens is 1. The van der Waals surface area contributed by atoms with E-state index in [0.717, 1.165) is 12.1 Å². The minimum atomic E-state index is -0.545. The zero-order chi connectivity index (χ0) is 16.8. The highest BCUT2D eigenvalue weighted by Crippen LogP contribution is 2.21. The number of amides is 1. The number of anilines is 1. The van der Waals surface area contributed by atoms with Crippen LogP contribution in [0.1, 0.15) is 22.8 Å². The molecule has 0 aliphatic heterocycles. The highest BCUT2D eigenvalue weighted by Gasteiger charge is 2.11. The van der Waals surface area contributed by atoms with Gasteiger partial charge in [-0.05, 0) is 54.5 Å². The number of hydrogen-bond donors (Lipinski definition) is 4. The molecule has 7 heteroatoms. The maximum absolute atomic E-state index is 12.0. The number of benzene rings is 2. The van der Waals surface area contributed by atoms with E-state index in [-0.39, 0.29) is 16.4 Å². The molecule has 0 atom stereocenters. The average molecular weight is 350 g/mol. The minimum absolute atomic E-state index is 0.0563. The van der Waals surface area contributed by atoms with Crippen molar-refractivity contribution in [3.05, 3.63) is 58.6 Å². The topological polar surface area (TPSA) is 73.4 Å². The van der Waals surface area contributed by atoms with Crippen LogP contribution in [-0.4, -0.2) is 16.1 Å². The number of thiocarbonyl (C=S) groups is 1. The summed E-state index contributed by atoms with van der Waals surface area (Å²) in [6.45, 7) is 2.06. The Balaban J connectivity index is 1.93. The van der Waals surface area contributed by atoms with E-state index in [1.807, 2.05) is 24.3 Å². The van der Waals surface area contributed by atoms with Crippen LogP contribution in [0.3, 0.4) is 0 Å². The summed E-state index contributed by atoms with van der Waals surface area (Å²) in [6.07, 6.45) is 0.917. The number of nitrogens with one attached hydrogen (secondary N) is 3. The van der Waals surface area contributed by atoms with Crippen molar-refractivity contribution < 1.29 is 9.90 Å². The zero-order valence-corrected chi connectivity index (χ0v) is 14.0. The average Bonchev–Trinajstić information content (AvgIpc) is 2.55. The Hall–Kier alpha value is -2.31. The lowest BCUT2D eigenvalue weighted by Gasteiger charge is -2.13. The Morgan fingerprint density at radius 2 is 2.00 bits per heavy atom. The van der Waals surface area contributed by atoms with E-state index in [1.54, 1.807) is 0 Å². The molecular weight excluding hydrogens is 334 g/mol. The van der Waals surface area contributed by atoms with Gasteiger partial charge in [-0.25, -0.2) is 0 Å². The molecule has 2 rings (SSSR count). The summed E-state index contributed by atoms with van der Waals surface area (Å²) in [5.74, 6) is -0.709. The molecule has 0 spiro atoms. The number of carbonyl (C=O) groups excluding carboxylic acids is 1. The Kier molecular flexibility index (Phi) is 5.78. The highest BCUT2D eigenvalue weighted by atomic mass is 35.5. The van der Waals surface area contributed by atoms with Crippen LogP contribution in [0.5, 0.6) is 5.75 Å². The maximum Gasteiger partial charge on any atom is 0.273 e. The monoisotopic (exact) mass is 349 g/mol. The predicted molar refractivity (Wildman–Crippen MR) is 95.8 cm³/mol. The molecule has 0 unspecified atom stereocenters. The van der Waals surface area contributed by atoms with Crippen LogP contribution in [0.4, 0.5) is 5.69 Å². The number of hydrazine groups is 1. The molecule has 0 heterocycles. The van der Waals surface area contributed by atoms with Crippen molar-refractivity contribution in [2.45, 2.75) is 13.3 Å². The molecule has 0 bridgehead atoms. The number of aryl methyl sites for hydroxylation is 1. The molecule has 0 aromatic heterocycles. The molecule has 0 aliphatic rings. The van der Waals surface area contributed by atoms with Gasteiger partial charge in [0.2, 0.25) is 0 Å². The molecule has 0 saturated heterocycles. The number of carbonyl (C=O) groups is 1. The van der Waals surface area contributed by atoms with Crippen molar-refractivity contribution in [1.82, 2.24) is 10.9 Å². The normalized spacial score (nSPS) is 10.0. The van der Waals surface area contributed by atoms with E-state index in [9.17, 15) is 9.90 Å². The van der Waals surface area contributed by atoms with Gasteiger partial charge in [0.25, 0.3) is 5.91 Å². The van der Waals surface area contributed by atoms with Gasteiger partial charge >= 0.3 is 0 Å². The predicted octanol–water partition coefficient (Wildman–Crippen LogP) is 3.24. The van der Waals surface area contributed by atoms with Crippen molar-refractivity contribution in [2.24, 2.45) is 0 Å². The zero-order valence-electron chi connectivity index (χ0n) is 12.4. The fourth-order valence-corrected chi connectivity index (χ4v) is 2.24. The third kappa shape index (κ3) is 4.84. The molecule has 0 saturated carbocycles. The summed E-state index contributed by atoms with van der Waals surface area (Å²) < 4.78 is 0. The van der Waals surface area contributed by atoms with Gasteiger partial charge in [0, 0.05) is 10.7 Å². The molecule has 2 aromatic rings. The highest BCUT2D eigenvalue weighted by molar-refractivity contribution is 7.80. The molecule has 0 fully saturated rings. The molecule has 4 N–H and O–H groups in total. The van der Waals surface area contributed by atoms with E-state index < -0.39 is 5.91 Å². The van der Waals surface area contributed by atoms with Gasteiger partial charge in [-0.2, -0.15) is 0 Å². The third-order valence-corrected chi connectivity index (χ3v) is 3.53. The standard InChI is InChI=1S/C16H16ClN3O2S/c1-2-10-4-3-5-12(8-10)18-16(23)20-19-15(22)13-9-11(17)6-7-14(13)21/h3-9,21H,2H2,1H3,(H,19,22)(H2,18,20,23). The minimum Gasteiger partial charge on any atom is -0.507 e. The van der Waals surface area contributed by atoms with Gasteiger partial charge in [-0.1, -0.05) is 30.7 Å². The smallest absolute Gasteiger partial charge is 0.273 e. The third-order valence-electron chi connectivity index (χ3n) is 3.09. The second-order valence-electron chi connectivity index (χ2n) is 4.75. The maximum atomic E-state index is 12.0. The van der Waals surface area contributed by atoms with E-state index in [1.165, 1.54) is 23.8 Å². The lowest BCUT2D eigenvalue weighted by atomic mass is 10.1. The second-order valence-corrected chi connectivity index (χ2v) is 5.59. The van der Waals surface area contributed by atoms with Gasteiger partial charge in [0.15, 0.2) is 5.11 Å². The van der Waals surface area contributed by atoms with E-state index >= 15 is 0 Å². The van der Waals surface area contributed by atoms with Gasteiger partial charge in [-0.15, -0.1) is 0 Å². The Morgan fingerprint density at radius 1 is 1.22 bits per heavy atom. The number of phenols is 1. The van der Waals surface area contributed by atoms with Gasteiger partial charge in [0.1, 0.15) is 5.75 Å². The fraction of sp³-hybridized carbons (Fsp3) is 0.125. The van der Waals surface area contributed by atoms with E-state index in [2.05, 4.69) is 23.1 Å². The quantitative estimate of drug-likeness (QED) is 0.505. The van der Waals surface area contributed by atoms with Crippen molar-refractivity contribution in [2.75, 3.05) is 5.32 Å². The van der Waals surface area contributed by atoms with Crippen molar-refractivity contribution in [1.29, 1.82) is 0 Å². The van der Waals surface area contributed by atoms with Gasteiger partial charge < -0.3 is 10.4 Å². The first-order valence-corrected chi connectivity index (χ1v) is 7.73. The van der Waals surface area contributed by atoms with Gasteiger partial charge in [0.05, 0.1) is 5.56 Å². The summed E-state index contributed by atoms with van der Waals surface area (Å²) in [4.78, 5) is 12.0. The number of phenolic OH excluding ortho intramolecular Hbond substituents is 1. The Bertz CT molecular complexity index is 737. The SMILES string of the molecule is CCc1cccc(NC(=S)NNC(=O)c2cc(Cl)ccc2O)c1. The van der Waals surface area contributed by atoms with Crippen LogP contribution in [0, 0.1) is 0 Å². The molecule has 2 aromatic carbocycles. The van der Waals surface area contributed by atoms with Crippen LogP contribution in [0.15, 0.2) is 42.5 Å². The van der Waals surface area contributed by atoms with Crippen molar-refractivity contribution >= 4 is 40.5 Å². The van der Waals surface area contributed by atoms with Crippen molar-refractivity contribution in [3.63, 3.8) is 0 Å². The van der Waals surface area contributed by atoms with Crippen molar-refractivity contribution in [3.8, 4) is 5.75 Å². The largest absolute Gasteiger partial charge is 0.507 e. The second kappa shape index (κ2) is 7.80. The van der Waals surface area contributed by atoms with Crippen LogP contribution in [-0.2, 0) is 6.42 Å². The molecule has 1 amide bonds. The molecule has 0 aliphatic carbocycles. The molecule has 23 heavy (non-hydrogen) atoms. The molecular formula is C16H16ClN3O2S. The van der Waals surface area contributed by atoms with Crippen LogP contribution in [0.25, 0.3) is 0 Å². The fourth-order valence-electron chi connectivity index (χ4n) is 1.90. The number of aromatic hydroxyl groups is 1. The Labute approximate surface area is 144 Å². The summed E-state index contributed by atoms with van der Waals surface area (Å²) >= 11 is 10.9. The lowest BCUT2D eigenvalue weighted by Crippen LogP contribution is -2.43. The number of hydrogen-bond acceptors (Lipinski definition) is 3. The van der Waals surface area contributed by atoms with E-state index in [4.69, 9.17) is 23.8 Å². The Morgan fingerprint density at radius 3 is 2.74 bits per heavy atom. The summed E-state index contributed by atoms with van der Waals surface area (Å²) in [6, 6.07) is 12.0. The lowest BCUT2D eigenvalue weighted by molar-refractivity contribution is 0.0941. The first-order chi connectivity index (χ1) is 11.0. The number of rotatable bonds is 3. The first-order valence-electron chi connectivity index (χ1n) is 6.94. The van der Waals surface area contributed by atoms with Gasteiger partial charge in [-0.3, -0.25) is 15.6 Å². The molecule has 0 radical (unpaired) electrons. The summed E-state index contributed by atoms with van der Waals surface area (Å²) in [7, 11) is 0. The first kappa shape index (κ1) is 17.1. The summed E-state index contributed by atoms with van der Waals surface area (Å²) in [5.41, 5.74) is 7.03. The van der Waals surface area contributed by atoms with Crippen LogP contribution >= 0.6 is 23.8 Å². The summed E-state index contributed by atoms with van der Waals surface area (Å²) in [5, 5.41) is 13.2. The molecule has 5 nitrogen and oxygen atoms in total. The molecule has 120 valence electrons. The van der Waals surface area contributed by atoms with Crippen LogP contribution < -0.4 is 16.2 Å².